The van der Waals surface area contributed by atoms with E-state index in [4.69, 9.17) is 5.73 Å². The monoisotopic (exact) mass is 359 g/mol. The number of halogens is 2. The van der Waals surface area contributed by atoms with Crippen LogP contribution in [0.2, 0.25) is 0 Å². The Morgan fingerprint density at radius 1 is 1.26 bits per heavy atom. The van der Waals surface area contributed by atoms with Crippen LogP contribution in [0.25, 0.3) is 0 Å². The van der Waals surface area contributed by atoms with Gasteiger partial charge in [0.05, 0.1) is 0 Å². The van der Waals surface area contributed by atoms with Crippen molar-refractivity contribution in [1.29, 1.82) is 0 Å². The van der Waals surface area contributed by atoms with E-state index in [1.54, 1.807) is 0 Å². The zero-order valence-corrected chi connectivity index (χ0v) is 15.2. The van der Waals surface area contributed by atoms with E-state index in [9.17, 15) is 4.79 Å². The van der Waals surface area contributed by atoms with Gasteiger partial charge in [0.25, 0.3) is 0 Å². The Balaban J connectivity index is 0.00000132. The molecule has 1 aromatic carbocycles. The Bertz CT molecular complexity index is 505. The van der Waals surface area contributed by atoms with E-state index >= 15 is 0 Å². The summed E-state index contributed by atoms with van der Waals surface area (Å²) in [5.74, 6) is 0.517. The minimum absolute atomic E-state index is 0. The van der Waals surface area contributed by atoms with Crippen LogP contribution in [0.15, 0.2) is 24.3 Å². The summed E-state index contributed by atoms with van der Waals surface area (Å²) < 4.78 is 0. The first-order valence-corrected chi connectivity index (χ1v) is 7.97. The van der Waals surface area contributed by atoms with Gasteiger partial charge in [-0.25, -0.2) is 0 Å². The average molecular weight is 360 g/mol. The number of carbonyl (C=O) groups is 1. The number of rotatable bonds is 5. The number of hydrogen-bond donors (Lipinski definition) is 2. The van der Waals surface area contributed by atoms with Gasteiger partial charge in [-0.15, -0.1) is 24.8 Å². The van der Waals surface area contributed by atoms with E-state index in [1.165, 1.54) is 31.4 Å². The molecule has 3 N–H and O–H groups in total. The van der Waals surface area contributed by atoms with Gasteiger partial charge in [0, 0.05) is 19.1 Å². The maximum Gasteiger partial charge on any atom is 0.241 e. The summed E-state index contributed by atoms with van der Waals surface area (Å²) in [4.78, 5) is 14.7. The molecule has 1 saturated carbocycles. The van der Waals surface area contributed by atoms with Crippen molar-refractivity contribution >= 4 is 30.7 Å². The van der Waals surface area contributed by atoms with Gasteiger partial charge in [-0.05, 0) is 44.2 Å². The van der Waals surface area contributed by atoms with Crippen LogP contribution < -0.4 is 11.1 Å². The number of nitrogens with one attached hydrogen (secondary N) is 1. The lowest BCUT2D eigenvalue weighted by molar-refractivity contribution is -0.122. The van der Waals surface area contributed by atoms with E-state index in [0.717, 1.165) is 24.7 Å². The summed E-state index contributed by atoms with van der Waals surface area (Å²) in [5.41, 5.74) is 8.09. The lowest BCUT2D eigenvalue weighted by atomic mass is 10.0. The first kappa shape index (κ1) is 20.2. The van der Waals surface area contributed by atoms with Crippen molar-refractivity contribution in [2.75, 3.05) is 19.6 Å². The predicted octanol–water partition coefficient (Wildman–Crippen LogP) is 2.44. The van der Waals surface area contributed by atoms with Gasteiger partial charge in [0.1, 0.15) is 6.04 Å². The smallest absolute Gasteiger partial charge is 0.241 e. The number of likely N-dealkylation sites (tertiary alicyclic amines) is 1. The molecule has 1 saturated heterocycles. The van der Waals surface area contributed by atoms with Gasteiger partial charge in [0.15, 0.2) is 0 Å². The molecular formula is C17H27Cl2N3O. The zero-order chi connectivity index (χ0) is 14.8. The number of amides is 1. The van der Waals surface area contributed by atoms with Crippen molar-refractivity contribution in [3.8, 4) is 0 Å². The van der Waals surface area contributed by atoms with Crippen LogP contribution in [0.3, 0.4) is 0 Å². The highest BCUT2D eigenvalue weighted by molar-refractivity contribution is 5.85. The van der Waals surface area contributed by atoms with Crippen molar-refractivity contribution in [3.63, 3.8) is 0 Å². The molecule has 0 radical (unpaired) electrons. The summed E-state index contributed by atoms with van der Waals surface area (Å²) in [6.45, 7) is 5.10. The summed E-state index contributed by atoms with van der Waals surface area (Å²) >= 11 is 0. The second-order valence-electron chi connectivity index (χ2n) is 6.51. The molecule has 2 aliphatic rings. The van der Waals surface area contributed by atoms with Gasteiger partial charge in [-0.2, -0.15) is 0 Å². The van der Waals surface area contributed by atoms with Gasteiger partial charge < -0.3 is 16.0 Å². The highest BCUT2D eigenvalue weighted by Crippen LogP contribution is 2.31. The molecule has 130 valence electrons. The molecule has 4 nitrogen and oxygen atoms in total. The highest BCUT2D eigenvalue weighted by Gasteiger charge is 2.34. The SMILES string of the molecule is Cc1ccc(C(N)C(=O)NCC2CCN(C3CC3)C2)cc1.Cl.Cl. The topological polar surface area (TPSA) is 58.4 Å². The molecule has 1 amide bonds. The summed E-state index contributed by atoms with van der Waals surface area (Å²) in [7, 11) is 0. The summed E-state index contributed by atoms with van der Waals surface area (Å²) in [5, 5.41) is 3.03. The first-order valence-electron chi connectivity index (χ1n) is 7.97. The van der Waals surface area contributed by atoms with Crippen molar-refractivity contribution in [2.45, 2.75) is 38.3 Å². The minimum atomic E-state index is -0.563. The summed E-state index contributed by atoms with van der Waals surface area (Å²) in [6.07, 6.45) is 3.91. The standard InChI is InChI=1S/C17H25N3O.2ClH/c1-12-2-4-14(5-3-12)16(18)17(21)19-10-13-8-9-20(11-13)15-6-7-15;;/h2-5,13,15-16H,6-11,18H2,1H3,(H,19,21);2*1H. The van der Waals surface area contributed by atoms with Gasteiger partial charge in [0.2, 0.25) is 5.91 Å². The molecule has 1 heterocycles. The van der Waals surface area contributed by atoms with Crippen molar-refractivity contribution < 1.29 is 4.79 Å². The first-order chi connectivity index (χ1) is 10.1. The van der Waals surface area contributed by atoms with Crippen LogP contribution in [-0.4, -0.2) is 36.5 Å². The number of nitrogens with two attached hydrogens (primary N) is 1. The van der Waals surface area contributed by atoms with E-state index in [0.29, 0.717) is 5.92 Å². The Morgan fingerprint density at radius 2 is 1.91 bits per heavy atom. The molecule has 1 aliphatic carbocycles. The van der Waals surface area contributed by atoms with E-state index < -0.39 is 6.04 Å². The molecule has 3 rings (SSSR count). The van der Waals surface area contributed by atoms with E-state index in [1.807, 2.05) is 31.2 Å². The van der Waals surface area contributed by atoms with Crippen LogP contribution in [0, 0.1) is 12.8 Å². The maximum atomic E-state index is 12.2. The molecule has 0 bridgehead atoms. The predicted molar refractivity (Wildman–Crippen MR) is 98.3 cm³/mol. The second-order valence-corrected chi connectivity index (χ2v) is 6.51. The second kappa shape index (κ2) is 8.88. The molecule has 23 heavy (non-hydrogen) atoms. The molecular weight excluding hydrogens is 333 g/mol. The molecule has 0 aromatic heterocycles. The highest BCUT2D eigenvalue weighted by atomic mass is 35.5. The third-order valence-corrected chi connectivity index (χ3v) is 4.66. The van der Waals surface area contributed by atoms with E-state index in [2.05, 4.69) is 10.2 Å². The van der Waals surface area contributed by atoms with Crippen LogP contribution in [0.1, 0.15) is 36.4 Å². The van der Waals surface area contributed by atoms with E-state index in [-0.39, 0.29) is 30.7 Å². The van der Waals surface area contributed by atoms with Crippen molar-refractivity contribution in [1.82, 2.24) is 10.2 Å². The zero-order valence-electron chi connectivity index (χ0n) is 13.5. The third-order valence-electron chi connectivity index (χ3n) is 4.66. The van der Waals surface area contributed by atoms with Crippen LogP contribution in [0.5, 0.6) is 0 Å². The largest absolute Gasteiger partial charge is 0.354 e. The number of hydrogen-bond acceptors (Lipinski definition) is 3. The van der Waals surface area contributed by atoms with Crippen LogP contribution in [-0.2, 0) is 4.79 Å². The fourth-order valence-corrected chi connectivity index (χ4v) is 3.08. The molecule has 1 aromatic rings. The Labute approximate surface area is 151 Å². The van der Waals surface area contributed by atoms with Crippen molar-refractivity contribution in [2.24, 2.45) is 11.7 Å². The Kier molecular flexibility index (Phi) is 7.81. The number of benzene rings is 1. The minimum Gasteiger partial charge on any atom is -0.354 e. The third kappa shape index (κ3) is 5.35. The molecule has 6 heteroatoms. The quantitative estimate of drug-likeness (QED) is 0.848. The maximum absolute atomic E-state index is 12.2. The molecule has 2 atom stereocenters. The fourth-order valence-electron chi connectivity index (χ4n) is 3.08. The van der Waals surface area contributed by atoms with Crippen LogP contribution >= 0.6 is 24.8 Å². The average Bonchev–Trinajstić information content (AvgIpc) is 3.24. The van der Waals surface area contributed by atoms with Gasteiger partial charge >= 0.3 is 0 Å². The Hall–Kier alpha value is -0.810. The van der Waals surface area contributed by atoms with Gasteiger partial charge in [-0.3, -0.25) is 4.79 Å². The normalized spacial score (nSPS) is 21.9. The molecule has 2 fully saturated rings. The number of nitrogens with zero attached hydrogens (tertiary/aromatic N) is 1. The van der Waals surface area contributed by atoms with Gasteiger partial charge in [-0.1, -0.05) is 29.8 Å². The summed E-state index contributed by atoms with van der Waals surface area (Å²) in [6, 6.07) is 8.13. The lowest BCUT2D eigenvalue weighted by Gasteiger charge is -2.17. The number of carbonyl (C=O) groups excluding carboxylic acids is 1. The van der Waals surface area contributed by atoms with Crippen molar-refractivity contribution in [3.05, 3.63) is 35.4 Å². The lowest BCUT2D eigenvalue weighted by Crippen LogP contribution is -2.37. The fraction of sp³-hybridized carbons (Fsp3) is 0.588. The molecule has 0 spiro atoms. The van der Waals surface area contributed by atoms with Crippen LogP contribution in [0.4, 0.5) is 0 Å². The molecule has 1 aliphatic heterocycles. The Morgan fingerprint density at radius 3 is 2.52 bits per heavy atom. The molecule has 2 unspecified atom stereocenters. The number of aryl methyl sites for hydroxylation is 1.